The maximum absolute atomic E-state index is 14.3. The van der Waals surface area contributed by atoms with Crippen LogP contribution in [-0.4, -0.2) is 49.7 Å². The highest BCUT2D eigenvalue weighted by Crippen LogP contribution is 2.22. The molecule has 28 heavy (non-hydrogen) atoms. The molecule has 1 fully saturated rings. The van der Waals surface area contributed by atoms with E-state index in [1.807, 2.05) is 31.3 Å². The molecule has 1 atom stereocenters. The van der Waals surface area contributed by atoms with Crippen molar-refractivity contribution in [1.82, 2.24) is 24.6 Å². The van der Waals surface area contributed by atoms with E-state index in [9.17, 15) is 9.18 Å². The molecule has 8 heteroatoms. The smallest absolute Gasteiger partial charge is 0.254 e. The van der Waals surface area contributed by atoms with E-state index in [1.54, 1.807) is 27.9 Å². The summed E-state index contributed by atoms with van der Waals surface area (Å²) >= 11 is 0. The van der Waals surface area contributed by atoms with Gasteiger partial charge in [-0.15, -0.1) is 0 Å². The first kappa shape index (κ1) is 18.1. The van der Waals surface area contributed by atoms with Crippen molar-refractivity contribution in [3.05, 3.63) is 66.1 Å². The average molecular weight is 381 g/mol. The number of hydrogen-bond acceptors (Lipinski definition) is 5. The Hall–Kier alpha value is -3.29. The molecule has 7 nitrogen and oxygen atoms in total. The summed E-state index contributed by atoms with van der Waals surface area (Å²) < 4.78 is 21.7. The number of ether oxygens (including phenoxy) is 1. The summed E-state index contributed by atoms with van der Waals surface area (Å²) in [6.45, 7) is 2.75. The van der Waals surface area contributed by atoms with Crippen molar-refractivity contribution in [3.63, 3.8) is 0 Å². The molecule has 1 aliphatic heterocycles. The average Bonchev–Trinajstić information content (AvgIpc) is 3.41. The number of carbonyl (C=O) groups is 1. The summed E-state index contributed by atoms with van der Waals surface area (Å²) in [6.07, 6.45) is 5.60. The Morgan fingerprint density at radius 1 is 1.32 bits per heavy atom. The van der Waals surface area contributed by atoms with Gasteiger partial charge in [-0.2, -0.15) is 14.5 Å². The van der Waals surface area contributed by atoms with E-state index in [-0.39, 0.29) is 17.9 Å². The third-order valence-corrected chi connectivity index (χ3v) is 4.74. The highest BCUT2D eigenvalue weighted by molar-refractivity contribution is 5.95. The first-order valence-corrected chi connectivity index (χ1v) is 9.21. The number of benzene rings is 1. The second kappa shape index (κ2) is 7.75. The normalized spacial score (nSPS) is 16.4. The molecule has 1 unspecified atom stereocenters. The van der Waals surface area contributed by atoms with Crippen LogP contribution in [0.2, 0.25) is 0 Å². The third-order valence-electron chi connectivity index (χ3n) is 4.74. The highest BCUT2D eigenvalue weighted by atomic mass is 19.1. The van der Waals surface area contributed by atoms with Crippen molar-refractivity contribution in [3.8, 4) is 11.6 Å². The molecule has 0 saturated carbocycles. The molecule has 0 spiro atoms. The monoisotopic (exact) mass is 381 g/mol. The van der Waals surface area contributed by atoms with Crippen LogP contribution in [0.25, 0.3) is 5.69 Å². The maximum atomic E-state index is 14.3. The zero-order chi connectivity index (χ0) is 19.5. The van der Waals surface area contributed by atoms with Crippen molar-refractivity contribution >= 4 is 5.91 Å². The van der Waals surface area contributed by atoms with E-state index in [0.717, 1.165) is 5.69 Å². The molecular weight excluding hydrogens is 361 g/mol. The minimum absolute atomic E-state index is 0.0492. The molecule has 1 aromatic carbocycles. The van der Waals surface area contributed by atoms with Crippen molar-refractivity contribution in [2.75, 3.05) is 13.1 Å². The van der Waals surface area contributed by atoms with Crippen LogP contribution in [0.3, 0.4) is 0 Å². The van der Waals surface area contributed by atoms with Gasteiger partial charge in [0.25, 0.3) is 11.8 Å². The van der Waals surface area contributed by atoms with Crippen molar-refractivity contribution in [2.45, 2.75) is 25.9 Å². The lowest BCUT2D eigenvalue weighted by atomic mass is 10.2. The second-order valence-electron chi connectivity index (χ2n) is 6.57. The zero-order valence-electron chi connectivity index (χ0n) is 15.5. The summed E-state index contributed by atoms with van der Waals surface area (Å²) in [5.74, 6) is -0.661. The quantitative estimate of drug-likeness (QED) is 0.679. The number of likely N-dealkylation sites (tertiary alicyclic amines) is 1. The number of halogens is 1. The molecule has 0 N–H and O–H groups in total. The second-order valence-corrected chi connectivity index (χ2v) is 6.57. The van der Waals surface area contributed by atoms with Crippen LogP contribution < -0.4 is 4.74 Å². The van der Waals surface area contributed by atoms with E-state index in [4.69, 9.17) is 4.74 Å². The fourth-order valence-electron chi connectivity index (χ4n) is 3.27. The fourth-order valence-corrected chi connectivity index (χ4v) is 3.27. The van der Waals surface area contributed by atoms with E-state index in [1.165, 1.54) is 6.33 Å². The topological polar surface area (TPSA) is 73.1 Å². The maximum Gasteiger partial charge on any atom is 0.254 e. The van der Waals surface area contributed by atoms with Gasteiger partial charge < -0.3 is 9.64 Å². The lowest BCUT2D eigenvalue weighted by Crippen LogP contribution is -2.31. The van der Waals surface area contributed by atoms with Gasteiger partial charge in [0.05, 0.1) is 17.9 Å². The number of aryl methyl sites for hydroxylation is 1. The minimum atomic E-state index is -0.526. The molecule has 3 heterocycles. The Kier molecular flexibility index (Phi) is 5.01. The molecule has 0 bridgehead atoms. The number of rotatable bonds is 5. The van der Waals surface area contributed by atoms with Gasteiger partial charge in [-0.1, -0.05) is 13.0 Å². The Labute approximate surface area is 161 Å². The van der Waals surface area contributed by atoms with Crippen LogP contribution in [0.4, 0.5) is 4.39 Å². The molecule has 0 radical (unpaired) electrons. The number of carbonyl (C=O) groups excluding carboxylic acids is 1. The Balaban J connectivity index is 1.44. The summed E-state index contributed by atoms with van der Waals surface area (Å²) in [5.41, 5.74) is 1.72. The highest BCUT2D eigenvalue weighted by Gasteiger charge is 2.29. The molecule has 1 saturated heterocycles. The van der Waals surface area contributed by atoms with Crippen molar-refractivity contribution in [1.29, 1.82) is 0 Å². The van der Waals surface area contributed by atoms with Gasteiger partial charge in [-0.05, 0) is 30.7 Å². The molecule has 0 aliphatic carbocycles. The third kappa shape index (κ3) is 3.58. The summed E-state index contributed by atoms with van der Waals surface area (Å²) in [7, 11) is 0. The van der Waals surface area contributed by atoms with E-state index in [0.29, 0.717) is 37.2 Å². The van der Waals surface area contributed by atoms with Crippen LogP contribution >= 0.6 is 0 Å². The van der Waals surface area contributed by atoms with Crippen molar-refractivity contribution in [2.24, 2.45) is 0 Å². The molecule has 144 valence electrons. The van der Waals surface area contributed by atoms with Crippen LogP contribution in [0.15, 0.2) is 49.1 Å². The van der Waals surface area contributed by atoms with Crippen molar-refractivity contribution < 1.29 is 13.9 Å². The number of hydrogen-bond donors (Lipinski definition) is 0. The van der Waals surface area contributed by atoms with Gasteiger partial charge in [0.2, 0.25) is 5.82 Å². The predicted octanol–water partition coefficient (Wildman–Crippen LogP) is 2.66. The van der Waals surface area contributed by atoms with Crippen LogP contribution in [-0.2, 0) is 6.42 Å². The van der Waals surface area contributed by atoms with E-state index < -0.39 is 5.82 Å². The minimum Gasteiger partial charge on any atom is -0.470 e. The molecule has 3 aromatic rings. The number of amides is 1. The summed E-state index contributed by atoms with van der Waals surface area (Å²) in [6, 6.07) is 9.13. The number of aromatic nitrogens is 4. The molecule has 1 amide bonds. The van der Waals surface area contributed by atoms with Gasteiger partial charge >= 0.3 is 0 Å². The molecule has 4 rings (SSSR count). The fraction of sp³-hybridized carbons (Fsp3) is 0.300. The lowest BCUT2D eigenvalue weighted by Gasteiger charge is -2.18. The van der Waals surface area contributed by atoms with Crippen LogP contribution in [0.1, 0.15) is 29.4 Å². The molecule has 2 aromatic heterocycles. The van der Waals surface area contributed by atoms with Gasteiger partial charge in [-0.3, -0.25) is 4.79 Å². The summed E-state index contributed by atoms with van der Waals surface area (Å²) in [5, 5.41) is 4.19. The van der Waals surface area contributed by atoms with Crippen LogP contribution in [0, 0.1) is 5.82 Å². The summed E-state index contributed by atoms with van der Waals surface area (Å²) in [4.78, 5) is 22.4. The first-order chi connectivity index (χ1) is 13.7. The van der Waals surface area contributed by atoms with Gasteiger partial charge in [-0.25, -0.2) is 9.67 Å². The Bertz CT molecular complexity index is 976. The lowest BCUT2D eigenvalue weighted by molar-refractivity contribution is 0.0770. The molecular formula is C20H20FN5O2. The Morgan fingerprint density at radius 2 is 2.21 bits per heavy atom. The SMILES string of the molecule is CCc1ncnc(OC2CCN(C(=O)c3cccc(-n4cccn4)c3)C2)c1F. The first-order valence-electron chi connectivity index (χ1n) is 9.21. The van der Waals surface area contributed by atoms with Gasteiger partial charge in [0, 0.05) is 30.9 Å². The predicted molar refractivity (Wildman–Crippen MR) is 99.9 cm³/mol. The standard InChI is InChI=1S/C20H20FN5O2/c1-2-17-18(21)19(23-13-22-17)28-16-7-10-25(12-16)20(27)14-5-3-6-15(11-14)26-9-4-8-24-26/h3-6,8-9,11,13,16H,2,7,10,12H2,1H3. The van der Waals surface area contributed by atoms with E-state index in [2.05, 4.69) is 15.1 Å². The van der Waals surface area contributed by atoms with Gasteiger partial charge in [0.15, 0.2) is 0 Å². The molecule has 1 aliphatic rings. The number of nitrogens with zero attached hydrogens (tertiary/aromatic N) is 5. The zero-order valence-corrected chi connectivity index (χ0v) is 15.5. The van der Waals surface area contributed by atoms with Gasteiger partial charge in [0.1, 0.15) is 12.4 Å². The largest absolute Gasteiger partial charge is 0.470 e. The van der Waals surface area contributed by atoms with Crippen LogP contribution in [0.5, 0.6) is 5.88 Å². The Morgan fingerprint density at radius 3 is 3.00 bits per heavy atom. The van der Waals surface area contributed by atoms with E-state index >= 15 is 0 Å².